The number of nitrogens with two attached hydrogens (primary N) is 1. The highest BCUT2D eigenvalue weighted by atomic mass is 35.5. The largest absolute Gasteiger partial charge is 0.321 e. The lowest BCUT2D eigenvalue weighted by atomic mass is 9.98. The predicted octanol–water partition coefficient (Wildman–Crippen LogP) is 4.99. The fourth-order valence-electron chi connectivity index (χ4n) is 3.55. The maximum Gasteiger partial charge on any atom is 0.205 e. The molecule has 4 rings (SSSR count). The third-order valence-corrected chi connectivity index (χ3v) is 8.12. The quantitative estimate of drug-likeness (QED) is 0.391. The van der Waals surface area contributed by atoms with E-state index in [1.54, 1.807) is 6.20 Å². The van der Waals surface area contributed by atoms with Gasteiger partial charge in [0, 0.05) is 21.8 Å². The monoisotopic (exact) mass is 447 g/mol. The zero-order chi connectivity index (χ0) is 21.7. The fourth-order valence-corrected chi connectivity index (χ4v) is 6.15. The summed E-state index contributed by atoms with van der Waals surface area (Å²) in [6, 6.07) is 31.0. The van der Waals surface area contributed by atoms with Crippen molar-refractivity contribution in [1.82, 2.24) is 10.1 Å². The normalized spacial score (nSPS) is 13.5. The molecule has 1 heterocycles. The van der Waals surface area contributed by atoms with Crippen LogP contribution in [0.4, 0.5) is 0 Å². The molecule has 31 heavy (non-hydrogen) atoms. The Morgan fingerprint density at radius 1 is 0.774 bits per heavy atom. The van der Waals surface area contributed by atoms with Gasteiger partial charge in [0.2, 0.25) is 7.29 Å². The Balaban J connectivity index is 1.83. The molecule has 0 radical (unpaired) electrons. The zero-order valence-corrected chi connectivity index (χ0v) is 18.5. The van der Waals surface area contributed by atoms with Gasteiger partial charge < -0.3 is 5.73 Å². The van der Waals surface area contributed by atoms with Gasteiger partial charge in [-0.1, -0.05) is 66.2 Å². The standard InChI is InChI=1S/C25H23ClN3OP/c26-20-16-14-19(15-17-20)25(24(27)23-13-7-8-18-28-23)29-31(30,21-9-3-1-4-10-21)22-11-5-2-6-12-22/h1-18,24-25H,27H2,(H,29,30)/t24-,25+/m0/s1. The molecule has 0 amide bonds. The lowest BCUT2D eigenvalue weighted by molar-refractivity contribution is 0.503. The Morgan fingerprint density at radius 2 is 1.32 bits per heavy atom. The Bertz CT molecular complexity index is 1110. The SMILES string of the molecule is N[C@@H](c1ccccn1)[C@H](NP(=O)(c1ccccc1)c1ccccc1)c1ccc(Cl)cc1. The van der Waals surface area contributed by atoms with E-state index >= 15 is 0 Å². The van der Waals surface area contributed by atoms with Crippen LogP contribution in [0.2, 0.25) is 5.02 Å². The number of rotatable bonds is 7. The van der Waals surface area contributed by atoms with Crippen LogP contribution in [0.25, 0.3) is 0 Å². The van der Waals surface area contributed by atoms with Crippen LogP contribution in [0, 0.1) is 0 Å². The molecule has 0 saturated carbocycles. The number of hydrogen-bond acceptors (Lipinski definition) is 3. The summed E-state index contributed by atoms with van der Waals surface area (Å²) in [6.45, 7) is 0. The van der Waals surface area contributed by atoms with E-state index in [0.29, 0.717) is 21.3 Å². The maximum absolute atomic E-state index is 14.6. The molecule has 4 nitrogen and oxygen atoms in total. The summed E-state index contributed by atoms with van der Waals surface area (Å²) in [6.07, 6.45) is 1.71. The molecule has 0 aliphatic carbocycles. The number of halogens is 1. The van der Waals surface area contributed by atoms with Crippen LogP contribution in [0.5, 0.6) is 0 Å². The molecule has 6 heteroatoms. The van der Waals surface area contributed by atoms with Gasteiger partial charge in [-0.3, -0.25) is 14.6 Å². The van der Waals surface area contributed by atoms with Gasteiger partial charge in [0.15, 0.2) is 0 Å². The van der Waals surface area contributed by atoms with E-state index in [9.17, 15) is 4.57 Å². The second-order valence-electron chi connectivity index (χ2n) is 7.22. The third-order valence-electron chi connectivity index (χ3n) is 5.18. The lowest BCUT2D eigenvalue weighted by Crippen LogP contribution is -2.36. The molecule has 0 unspecified atom stereocenters. The molecule has 3 aromatic carbocycles. The molecule has 4 aromatic rings. The minimum atomic E-state index is -3.22. The van der Waals surface area contributed by atoms with Gasteiger partial charge in [0.25, 0.3) is 0 Å². The first-order valence-electron chi connectivity index (χ1n) is 9.99. The highest BCUT2D eigenvalue weighted by Crippen LogP contribution is 2.44. The highest BCUT2D eigenvalue weighted by molar-refractivity contribution is 7.76. The molecule has 0 aliphatic rings. The minimum Gasteiger partial charge on any atom is -0.321 e. The van der Waals surface area contributed by atoms with Gasteiger partial charge in [0.05, 0.1) is 17.8 Å². The summed E-state index contributed by atoms with van der Waals surface area (Å²) in [5.41, 5.74) is 8.29. The summed E-state index contributed by atoms with van der Waals surface area (Å²) < 4.78 is 14.6. The van der Waals surface area contributed by atoms with Crippen LogP contribution >= 0.6 is 18.9 Å². The summed E-state index contributed by atoms with van der Waals surface area (Å²) >= 11 is 6.12. The molecule has 0 bridgehead atoms. The average molecular weight is 448 g/mol. The Hall–Kier alpha value is -2.75. The van der Waals surface area contributed by atoms with Crippen molar-refractivity contribution in [3.8, 4) is 0 Å². The van der Waals surface area contributed by atoms with E-state index in [0.717, 1.165) is 5.56 Å². The van der Waals surface area contributed by atoms with Gasteiger partial charge in [0.1, 0.15) is 0 Å². The average Bonchev–Trinajstić information content (AvgIpc) is 2.84. The first kappa shape index (κ1) is 21.5. The fraction of sp³-hybridized carbons (Fsp3) is 0.0800. The Kier molecular flexibility index (Phi) is 6.64. The minimum absolute atomic E-state index is 0.460. The molecule has 0 aliphatic heterocycles. The van der Waals surface area contributed by atoms with Gasteiger partial charge >= 0.3 is 0 Å². The number of aromatic nitrogens is 1. The van der Waals surface area contributed by atoms with Crippen molar-refractivity contribution in [3.05, 3.63) is 126 Å². The van der Waals surface area contributed by atoms with Crippen LogP contribution in [0.1, 0.15) is 23.3 Å². The summed E-state index contributed by atoms with van der Waals surface area (Å²) in [5, 5.41) is 5.50. The molecule has 2 atom stereocenters. The smallest absolute Gasteiger partial charge is 0.205 e. The van der Waals surface area contributed by atoms with Gasteiger partial charge in [-0.2, -0.15) is 0 Å². The van der Waals surface area contributed by atoms with Crippen molar-refractivity contribution in [2.24, 2.45) is 5.73 Å². The van der Waals surface area contributed by atoms with Gasteiger partial charge in [-0.25, -0.2) is 0 Å². The highest BCUT2D eigenvalue weighted by Gasteiger charge is 2.34. The number of nitrogens with one attached hydrogen (secondary N) is 1. The van der Waals surface area contributed by atoms with E-state index in [1.807, 2.05) is 103 Å². The molecular formula is C25H23ClN3OP. The van der Waals surface area contributed by atoms with Crippen molar-refractivity contribution in [1.29, 1.82) is 0 Å². The number of nitrogens with zero attached hydrogens (tertiary/aromatic N) is 1. The van der Waals surface area contributed by atoms with E-state index in [1.165, 1.54) is 0 Å². The zero-order valence-electron chi connectivity index (χ0n) is 16.8. The van der Waals surface area contributed by atoms with Crippen molar-refractivity contribution in [2.45, 2.75) is 12.1 Å². The van der Waals surface area contributed by atoms with E-state index in [-0.39, 0.29) is 0 Å². The number of benzene rings is 3. The number of pyridine rings is 1. The van der Waals surface area contributed by atoms with Gasteiger partial charge in [-0.15, -0.1) is 0 Å². The molecule has 156 valence electrons. The van der Waals surface area contributed by atoms with Crippen LogP contribution in [0.3, 0.4) is 0 Å². The van der Waals surface area contributed by atoms with E-state index < -0.39 is 19.4 Å². The third kappa shape index (κ3) is 4.79. The van der Waals surface area contributed by atoms with Crippen LogP contribution < -0.4 is 21.4 Å². The first-order chi connectivity index (χ1) is 15.1. The lowest BCUT2D eigenvalue weighted by Gasteiger charge is -2.31. The Labute approximate surface area is 187 Å². The second kappa shape index (κ2) is 9.59. The summed E-state index contributed by atoms with van der Waals surface area (Å²) in [7, 11) is -3.22. The van der Waals surface area contributed by atoms with Crippen molar-refractivity contribution >= 4 is 29.5 Å². The number of hydrogen-bond donors (Lipinski definition) is 2. The molecular weight excluding hydrogens is 425 g/mol. The molecule has 1 aromatic heterocycles. The summed E-state index contributed by atoms with van der Waals surface area (Å²) in [5.74, 6) is 0. The van der Waals surface area contributed by atoms with Crippen LogP contribution in [-0.4, -0.2) is 4.98 Å². The maximum atomic E-state index is 14.6. The topological polar surface area (TPSA) is 68.0 Å². The molecule has 0 spiro atoms. The van der Waals surface area contributed by atoms with E-state index in [2.05, 4.69) is 10.1 Å². The first-order valence-corrected chi connectivity index (χ1v) is 12.1. The van der Waals surface area contributed by atoms with Crippen molar-refractivity contribution in [2.75, 3.05) is 0 Å². The van der Waals surface area contributed by atoms with Gasteiger partial charge in [-0.05, 0) is 54.1 Å². The Morgan fingerprint density at radius 3 is 1.84 bits per heavy atom. The molecule has 3 N–H and O–H groups in total. The molecule has 0 fully saturated rings. The van der Waals surface area contributed by atoms with Crippen molar-refractivity contribution in [3.63, 3.8) is 0 Å². The molecule has 0 saturated heterocycles. The second-order valence-corrected chi connectivity index (χ2v) is 10.2. The van der Waals surface area contributed by atoms with Crippen molar-refractivity contribution < 1.29 is 4.57 Å². The summed E-state index contributed by atoms with van der Waals surface area (Å²) in [4.78, 5) is 4.44. The van der Waals surface area contributed by atoms with Crippen LogP contribution in [0.15, 0.2) is 109 Å². The van der Waals surface area contributed by atoms with Crippen LogP contribution in [-0.2, 0) is 4.57 Å². The predicted molar refractivity (Wildman–Crippen MR) is 128 cm³/mol. The van der Waals surface area contributed by atoms with E-state index in [4.69, 9.17) is 17.3 Å².